The quantitative estimate of drug-likeness (QED) is 0.887. The van der Waals surface area contributed by atoms with Crippen molar-refractivity contribution in [3.63, 3.8) is 0 Å². The summed E-state index contributed by atoms with van der Waals surface area (Å²) in [5.74, 6) is 2.07. The van der Waals surface area contributed by atoms with E-state index in [9.17, 15) is 5.11 Å². The molecule has 0 radical (unpaired) electrons. The molecule has 1 aliphatic carbocycles. The molecule has 25 heavy (non-hydrogen) atoms. The lowest BCUT2D eigenvalue weighted by molar-refractivity contribution is 0.0193. The summed E-state index contributed by atoms with van der Waals surface area (Å²) in [5, 5.41) is 14.4. The van der Waals surface area contributed by atoms with E-state index in [1.165, 1.54) is 0 Å². The summed E-state index contributed by atoms with van der Waals surface area (Å²) in [6.45, 7) is 7.32. The molecule has 4 rings (SSSR count). The third kappa shape index (κ3) is 2.95. The number of ether oxygens (including phenoxy) is 1. The maximum absolute atomic E-state index is 10.1. The van der Waals surface area contributed by atoms with Crippen LogP contribution in [0.3, 0.4) is 0 Å². The van der Waals surface area contributed by atoms with E-state index in [-0.39, 0.29) is 23.4 Å². The molecule has 0 bridgehead atoms. The van der Waals surface area contributed by atoms with Crippen LogP contribution in [-0.4, -0.2) is 28.0 Å². The summed E-state index contributed by atoms with van der Waals surface area (Å²) >= 11 is 0. The largest absolute Gasteiger partial charge is 0.508 e. The fraction of sp³-hybridized carbons (Fsp3) is 0.600. The van der Waals surface area contributed by atoms with Crippen molar-refractivity contribution < 1.29 is 14.4 Å². The molecule has 1 unspecified atom stereocenters. The number of benzene rings is 1. The minimum absolute atomic E-state index is 0.0468. The summed E-state index contributed by atoms with van der Waals surface area (Å²) in [6, 6.07) is 5.72. The summed E-state index contributed by atoms with van der Waals surface area (Å²) in [5.41, 5.74) is 2.19. The highest BCUT2D eigenvalue weighted by atomic mass is 16.5. The predicted octanol–water partition coefficient (Wildman–Crippen LogP) is 4.16. The van der Waals surface area contributed by atoms with Gasteiger partial charge in [-0.05, 0) is 48.3 Å². The highest BCUT2D eigenvalue weighted by Crippen LogP contribution is 2.42. The Labute approximate surface area is 148 Å². The van der Waals surface area contributed by atoms with Gasteiger partial charge in [-0.15, -0.1) is 0 Å². The summed E-state index contributed by atoms with van der Waals surface area (Å²) < 4.78 is 11.6. The average Bonchev–Trinajstić information content (AvgIpc) is 3.23. The Balaban J connectivity index is 1.64. The Hall–Kier alpha value is -1.88. The van der Waals surface area contributed by atoms with Gasteiger partial charge in [0.25, 0.3) is 0 Å². The van der Waals surface area contributed by atoms with Crippen molar-refractivity contribution in [3.8, 4) is 5.75 Å². The molecule has 134 valence electrons. The molecular formula is C20H26N2O3. The van der Waals surface area contributed by atoms with Crippen LogP contribution < -0.4 is 0 Å². The van der Waals surface area contributed by atoms with E-state index in [0.29, 0.717) is 11.6 Å². The maximum Gasteiger partial charge on any atom is 0.234 e. The molecule has 2 aliphatic rings. The minimum Gasteiger partial charge on any atom is -0.508 e. The molecule has 5 heteroatoms. The third-order valence-corrected chi connectivity index (χ3v) is 5.51. The van der Waals surface area contributed by atoms with Gasteiger partial charge in [-0.25, -0.2) is 0 Å². The second-order valence-corrected chi connectivity index (χ2v) is 8.33. The number of fused-ring (bicyclic) bond motifs is 1. The summed E-state index contributed by atoms with van der Waals surface area (Å²) in [7, 11) is 0. The Morgan fingerprint density at radius 2 is 2.04 bits per heavy atom. The van der Waals surface area contributed by atoms with Crippen molar-refractivity contribution >= 4 is 0 Å². The van der Waals surface area contributed by atoms with Crippen molar-refractivity contribution in [2.75, 3.05) is 6.61 Å². The van der Waals surface area contributed by atoms with E-state index >= 15 is 0 Å². The van der Waals surface area contributed by atoms with Crippen LogP contribution in [0.4, 0.5) is 0 Å². The van der Waals surface area contributed by atoms with Crippen LogP contribution >= 0.6 is 0 Å². The lowest BCUT2D eigenvalue weighted by atomic mass is 9.81. The average molecular weight is 342 g/mol. The van der Waals surface area contributed by atoms with Gasteiger partial charge in [0.05, 0.1) is 17.9 Å². The fourth-order valence-electron chi connectivity index (χ4n) is 4.33. The number of aromatic nitrogens is 2. The molecule has 3 atom stereocenters. The highest BCUT2D eigenvalue weighted by Gasteiger charge is 2.41. The van der Waals surface area contributed by atoms with E-state index in [4.69, 9.17) is 14.2 Å². The molecule has 0 amide bonds. The van der Waals surface area contributed by atoms with E-state index in [1.807, 2.05) is 6.07 Å². The molecular weight excluding hydrogens is 316 g/mol. The van der Waals surface area contributed by atoms with Crippen LogP contribution in [0.25, 0.3) is 0 Å². The Bertz CT molecular complexity index is 763. The van der Waals surface area contributed by atoms with Crippen molar-refractivity contribution in [2.45, 2.75) is 64.4 Å². The molecule has 1 fully saturated rings. The molecule has 1 aliphatic heterocycles. The van der Waals surface area contributed by atoms with Gasteiger partial charge in [0.15, 0.2) is 5.82 Å². The number of phenols is 1. The van der Waals surface area contributed by atoms with Crippen LogP contribution in [0.5, 0.6) is 5.75 Å². The molecule has 2 heterocycles. The molecule has 1 aromatic heterocycles. The van der Waals surface area contributed by atoms with Crippen molar-refractivity contribution in [2.24, 2.45) is 5.41 Å². The van der Waals surface area contributed by atoms with Crippen LogP contribution in [0.1, 0.15) is 74.7 Å². The fourth-order valence-corrected chi connectivity index (χ4v) is 4.33. The lowest BCUT2D eigenvalue weighted by Gasteiger charge is -2.29. The van der Waals surface area contributed by atoms with Gasteiger partial charge < -0.3 is 14.4 Å². The lowest BCUT2D eigenvalue weighted by Crippen LogP contribution is -2.30. The van der Waals surface area contributed by atoms with Crippen molar-refractivity contribution in [1.82, 2.24) is 10.1 Å². The number of nitrogens with zero attached hydrogens (tertiary/aromatic N) is 2. The number of phenolic OH excluding ortho intramolecular Hbond substituents is 1. The van der Waals surface area contributed by atoms with Crippen LogP contribution in [0.15, 0.2) is 22.7 Å². The van der Waals surface area contributed by atoms with E-state index in [2.05, 4.69) is 32.0 Å². The van der Waals surface area contributed by atoms with Crippen LogP contribution in [0, 0.1) is 5.41 Å². The summed E-state index contributed by atoms with van der Waals surface area (Å²) in [4.78, 5) is 4.77. The van der Waals surface area contributed by atoms with Gasteiger partial charge in [-0.1, -0.05) is 38.1 Å². The Kier molecular flexibility index (Phi) is 4.07. The molecule has 0 spiro atoms. The van der Waals surface area contributed by atoms with Gasteiger partial charge in [0.2, 0.25) is 5.89 Å². The number of hydrogen-bond acceptors (Lipinski definition) is 5. The Morgan fingerprint density at radius 1 is 1.20 bits per heavy atom. The van der Waals surface area contributed by atoms with Gasteiger partial charge in [0.1, 0.15) is 5.75 Å². The first kappa shape index (κ1) is 16.6. The molecule has 5 nitrogen and oxygen atoms in total. The zero-order chi connectivity index (χ0) is 17.6. The van der Waals surface area contributed by atoms with Crippen molar-refractivity contribution in [3.05, 3.63) is 41.0 Å². The highest BCUT2D eigenvalue weighted by molar-refractivity contribution is 5.44. The van der Waals surface area contributed by atoms with Gasteiger partial charge >= 0.3 is 0 Å². The minimum atomic E-state index is 0.0468. The van der Waals surface area contributed by atoms with Crippen molar-refractivity contribution in [1.29, 1.82) is 0 Å². The summed E-state index contributed by atoms with van der Waals surface area (Å²) in [6.07, 6.45) is 3.94. The van der Waals surface area contributed by atoms with Gasteiger partial charge in [-0.2, -0.15) is 4.98 Å². The smallest absolute Gasteiger partial charge is 0.234 e. The van der Waals surface area contributed by atoms with E-state index in [1.54, 1.807) is 6.07 Å². The molecule has 1 aromatic carbocycles. The zero-order valence-corrected chi connectivity index (χ0v) is 15.2. The topological polar surface area (TPSA) is 68.4 Å². The monoisotopic (exact) mass is 342 g/mol. The third-order valence-electron chi connectivity index (χ3n) is 5.51. The predicted molar refractivity (Wildman–Crippen MR) is 93.7 cm³/mol. The first-order chi connectivity index (χ1) is 11.9. The molecule has 2 aromatic rings. The first-order valence-corrected chi connectivity index (χ1v) is 9.21. The number of aromatic hydroxyl groups is 1. The molecule has 0 saturated carbocycles. The van der Waals surface area contributed by atoms with Crippen LogP contribution in [-0.2, 0) is 11.2 Å². The second kappa shape index (κ2) is 6.13. The van der Waals surface area contributed by atoms with E-state index < -0.39 is 0 Å². The molecule has 1 saturated heterocycles. The SMILES string of the molecule is CC(C)(C)[C@@H]1OCC[C@H]1c1noc(C2CCCc3c(O)cccc32)n1. The Morgan fingerprint density at radius 3 is 2.84 bits per heavy atom. The van der Waals surface area contributed by atoms with Gasteiger partial charge in [-0.3, -0.25) is 0 Å². The number of rotatable bonds is 2. The normalized spacial score (nSPS) is 26.6. The van der Waals surface area contributed by atoms with E-state index in [0.717, 1.165) is 49.2 Å². The number of hydrogen-bond donors (Lipinski definition) is 1. The standard InChI is InChI=1S/C20H26N2O3/c1-20(2,3)17-15(10-11-24-17)18-21-19(25-22-18)14-8-4-7-13-12(14)6-5-9-16(13)23/h5-6,9,14-15,17,23H,4,7-8,10-11H2,1-3H3/t14?,15-,17-/m1/s1. The van der Waals surface area contributed by atoms with Crippen LogP contribution in [0.2, 0.25) is 0 Å². The zero-order valence-electron chi connectivity index (χ0n) is 15.2. The molecule has 1 N–H and O–H groups in total. The maximum atomic E-state index is 10.1. The second-order valence-electron chi connectivity index (χ2n) is 8.33. The first-order valence-electron chi connectivity index (χ1n) is 9.21. The van der Waals surface area contributed by atoms with Gasteiger partial charge in [0, 0.05) is 6.61 Å².